The molecule has 3 rings (SSSR count). The summed E-state index contributed by atoms with van der Waals surface area (Å²) >= 11 is 0. The summed E-state index contributed by atoms with van der Waals surface area (Å²) in [6, 6.07) is 3.49. The summed E-state index contributed by atoms with van der Waals surface area (Å²) < 4.78 is 133. The van der Waals surface area contributed by atoms with Crippen LogP contribution in [-0.2, 0) is 12.5 Å². The molecule has 3 aromatic carbocycles. The summed E-state index contributed by atoms with van der Waals surface area (Å²) in [6.07, 6.45) is -3.88. The maximum atomic E-state index is 15.1. The van der Waals surface area contributed by atoms with E-state index in [1.807, 2.05) is 6.92 Å². The van der Waals surface area contributed by atoms with Crippen molar-refractivity contribution >= 4 is 0 Å². The molecule has 0 aliphatic heterocycles. The number of alkyl halides is 4. The average molecular weight is 510 g/mol. The van der Waals surface area contributed by atoms with Gasteiger partial charge in [0, 0.05) is 23.8 Å². The fraction of sp³-hybridized carbons (Fsp3) is 0.217. The Hall–Kier alpha value is -3.57. The summed E-state index contributed by atoms with van der Waals surface area (Å²) in [6.45, 7) is -1.83. The number of hydrogen-bond acceptors (Lipinski definition) is 3. The lowest BCUT2D eigenvalue weighted by atomic mass is 9.97. The van der Waals surface area contributed by atoms with E-state index in [2.05, 4.69) is 9.47 Å². The van der Waals surface area contributed by atoms with Gasteiger partial charge in [0.05, 0.1) is 5.56 Å². The molecule has 0 aliphatic rings. The highest BCUT2D eigenvalue weighted by Gasteiger charge is 2.43. The van der Waals surface area contributed by atoms with Gasteiger partial charge in [-0.1, -0.05) is 25.5 Å². The molecule has 1 N–H and O–H groups in total. The number of ether oxygens (including phenoxy) is 2. The second kappa shape index (κ2) is 9.96. The van der Waals surface area contributed by atoms with Crippen molar-refractivity contribution in [1.29, 1.82) is 0 Å². The van der Waals surface area contributed by atoms with E-state index >= 15 is 4.39 Å². The molecule has 0 fully saturated rings. The van der Waals surface area contributed by atoms with E-state index in [4.69, 9.17) is 0 Å². The van der Waals surface area contributed by atoms with Crippen molar-refractivity contribution in [1.82, 2.24) is 0 Å². The number of benzene rings is 3. The Bertz CT molecular complexity index is 1220. The van der Waals surface area contributed by atoms with Crippen LogP contribution in [0.4, 0.5) is 39.5 Å². The number of aryl methyl sites for hydroxylation is 1. The van der Waals surface area contributed by atoms with Crippen molar-refractivity contribution in [2.75, 3.05) is 0 Å². The van der Waals surface area contributed by atoms with Gasteiger partial charge in [0.1, 0.15) is 28.7 Å². The number of hydrogen-bond donors (Lipinski definition) is 1. The molecular formula is C23H15F9O3. The lowest BCUT2D eigenvalue weighted by Crippen LogP contribution is -2.26. The van der Waals surface area contributed by atoms with Crippen LogP contribution < -0.4 is 9.47 Å². The second-order valence-electron chi connectivity index (χ2n) is 7.22. The Morgan fingerprint density at radius 1 is 0.886 bits per heavy atom. The van der Waals surface area contributed by atoms with Gasteiger partial charge in [-0.2, -0.15) is 17.6 Å². The molecule has 3 aromatic rings. The van der Waals surface area contributed by atoms with Gasteiger partial charge in [0.2, 0.25) is 0 Å². The zero-order valence-electron chi connectivity index (χ0n) is 17.6. The largest absolute Gasteiger partial charge is 0.507 e. The van der Waals surface area contributed by atoms with Crippen molar-refractivity contribution in [2.24, 2.45) is 0 Å². The van der Waals surface area contributed by atoms with Crippen molar-refractivity contribution in [2.45, 2.75) is 32.5 Å². The van der Waals surface area contributed by atoms with Crippen LogP contribution in [-0.4, -0.2) is 11.7 Å². The van der Waals surface area contributed by atoms with Crippen LogP contribution in [0.15, 0.2) is 36.4 Å². The number of aromatic hydroxyl groups is 1. The molecule has 0 heterocycles. The monoisotopic (exact) mass is 510 g/mol. The zero-order chi connectivity index (χ0) is 26.1. The van der Waals surface area contributed by atoms with Crippen LogP contribution in [0.3, 0.4) is 0 Å². The van der Waals surface area contributed by atoms with Gasteiger partial charge in [0.15, 0.2) is 23.2 Å². The third-order valence-electron chi connectivity index (χ3n) is 4.75. The van der Waals surface area contributed by atoms with Gasteiger partial charge in [-0.25, -0.2) is 22.0 Å². The average Bonchev–Trinajstić information content (AvgIpc) is 2.71. The van der Waals surface area contributed by atoms with Gasteiger partial charge in [0.25, 0.3) is 0 Å². The third kappa shape index (κ3) is 5.41. The Kier molecular flexibility index (Phi) is 7.41. The Labute approximate surface area is 192 Å². The van der Waals surface area contributed by atoms with Gasteiger partial charge < -0.3 is 14.6 Å². The van der Waals surface area contributed by atoms with Crippen molar-refractivity contribution < 1.29 is 54.1 Å². The van der Waals surface area contributed by atoms with Crippen LogP contribution >= 0.6 is 0 Å². The second-order valence-corrected chi connectivity index (χ2v) is 7.22. The Morgan fingerprint density at radius 3 is 2.06 bits per heavy atom. The Morgan fingerprint density at radius 2 is 1.51 bits per heavy atom. The molecule has 0 spiro atoms. The third-order valence-corrected chi connectivity index (χ3v) is 4.75. The number of halogens is 9. The first-order valence-corrected chi connectivity index (χ1v) is 9.86. The maximum Gasteiger partial charge on any atom is 0.432 e. The molecule has 188 valence electrons. The predicted octanol–water partition coefficient (Wildman–Crippen LogP) is 7.44. The molecule has 12 heteroatoms. The van der Waals surface area contributed by atoms with E-state index in [-0.39, 0.29) is 18.2 Å². The predicted molar refractivity (Wildman–Crippen MR) is 105 cm³/mol. The highest BCUT2D eigenvalue weighted by atomic mass is 19.3. The molecule has 0 unspecified atom stereocenters. The molecular weight excluding hydrogens is 495 g/mol. The first-order chi connectivity index (χ1) is 16.4. The minimum Gasteiger partial charge on any atom is -0.507 e. The SMILES string of the molecule is CCCc1ccc(-c2c(O)cc(F)c(C(F)(F)Oc3cc(F)c(OC(F)F)c(F)c3)c2F)c(F)c1. The molecule has 0 aliphatic carbocycles. The number of rotatable bonds is 8. The van der Waals surface area contributed by atoms with Crippen LogP contribution in [0.5, 0.6) is 17.2 Å². The maximum absolute atomic E-state index is 15.1. The smallest absolute Gasteiger partial charge is 0.432 e. The van der Waals surface area contributed by atoms with Crippen molar-refractivity contribution in [3.8, 4) is 28.4 Å². The van der Waals surface area contributed by atoms with Crippen LogP contribution in [0.1, 0.15) is 24.5 Å². The van der Waals surface area contributed by atoms with Gasteiger partial charge in [-0.15, -0.1) is 0 Å². The first-order valence-electron chi connectivity index (χ1n) is 9.86. The lowest BCUT2D eigenvalue weighted by molar-refractivity contribution is -0.189. The van der Waals surface area contributed by atoms with Crippen LogP contribution in [0.2, 0.25) is 0 Å². The van der Waals surface area contributed by atoms with E-state index in [0.29, 0.717) is 18.4 Å². The van der Waals surface area contributed by atoms with E-state index in [0.717, 1.165) is 12.1 Å². The summed E-state index contributed by atoms with van der Waals surface area (Å²) in [4.78, 5) is 0. The summed E-state index contributed by atoms with van der Waals surface area (Å²) in [7, 11) is 0. The molecule has 0 aromatic heterocycles. The quantitative estimate of drug-likeness (QED) is 0.320. The topological polar surface area (TPSA) is 38.7 Å². The van der Waals surface area contributed by atoms with Crippen molar-refractivity contribution in [3.05, 3.63) is 76.6 Å². The molecule has 0 saturated carbocycles. The highest BCUT2D eigenvalue weighted by Crippen LogP contribution is 2.43. The molecule has 0 amide bonds. The standard InChI is InChI=1S/C23H15F9O3/c1-2-3-10-4-5-12(13(24)6-10)18-17(33)9-14(25)19(20(18)28)23(31,32)35-11-7-15(26)21(16(27)8-11)34-22(29)30/h4-9,22,33H,2-3H2,1H3. The molecule has 3 nitrogen and oxygen atoms in total. The van der Waals surface area contributed by atoms with Gasteiger partial charge in [-0.05, 0) is 18.1 Å². The van der Waals surface area contributed by atoms with Crippen LogP contribution in [0, 0.1) is 29.1 Å². The van der Waals surface area contributed by atoms with Gasteiger partial charge in [-0.3, -0.25) is 0 Å². The minimum atomic E-state index is -4.96. The van der Waals surface area contributed by atoms with Crippen LogP contribution in [0.25, 0.3) is 11.1 Å². The fourth-order valence-corrected chi connectivity index (χ4v) is 3.33. The summed E-state index contributed by atoms with van der Waals surface area (Å²) in [5.41, 5.74) is -3.38. The summed E-state index contributed by atoms with van der Waals surface area (Å²) in [5.74, 6) is -13.1. The highest BCUT2D eigenvalue weighted by molar-refractivity contribution is 5.73. The molecule has 0 radical (unpaired) electrons. The molecule has 0 saturated heterocycles. The van der Waals surface area contributed by atoms with Crippen molar-refractivity contribution in [3.63, 3.8) is 0 Å². The molecule has 35 heavy (non-hydrogen) atoms. The van der Waals surface area contributed by atoms with E-state index < -0.39 is 75.7 Å². The first kappa shape index (κ1) is 26.0. The molecule has 0 atom stereocenters. The number of phenols is 1. The minimum absolute atomic E-state index is 0.0258. The van der Waals surface area contributed by atoms with E-state index in [1.165, 1.54) is 6.07 Å². The fourth-order valence-electron chi connectivity index (χ4n) is 3.33. The van der Waals surface area contributed by atoms with E-state index in [1.54, 1.807) is 0 Å². The Balaban J connectivity index is 2.07. The normalized spacial score (nSPS) is 11.7. The number of phenolic OH excluding ortho intramolecular Hbond substituents is 1. The summed E-state index contributed by atoms with van der Waals surface area (Å²) in [5, 5.41) is 9.97. The van der Waals surface area contributed by atoms with E-state index in [9.17, 15) is 40.2 Å². The molecule has 0 bridgehead atoms. The zero-order valence-corrected chi connectivity index (χ0v) is 17.6. The lowest BCUT2D eigenvalue weighted by Gasteiger charge is -2.21. The van der Waals surface area contributed by atoms with Gasteiger partial charge >= 0.3 is 12.7 Å².